The second-order valence-corrected chi connectivity index (χ2v) is 10.8. The minimum Gasteiger partial charge on any atom is -0.488 e. The summed E-state index contributed by atoms with van der Waals surface area (Å²) in [6.07, 6.45) is 1.69. The number of ether oxygens (including phenoxy) is 2. The molecular weight excluding hydrogens is 574 g/mol. The lowest BCUT2D eigenvalue weighted by Crippen LogP contribution is -2.39. The Morgan fingerprint density at radius 2 is 1.85 bits per heavy atom. The zero-order valence-corrected chi connectivity index (χ0v) is 23.8. The SMILES string of the molecule is CCOC(=O)C1=C(C)N=c2s/c(=C\c3cc(Cl)ccc3OCc3cccc(Cl)c3)c(=O)n2[C@H]1c1ccc(F)cc1. The van der Waals surface area contributed by atoms with Crippen molar-refractivity contribution in [3.05, 3.63) is 130 Å². The van der Waals surface area contributed by atoms with Crippen LogP contribution >= 0.6 is 34.5 Å². The van der Waals surface area contributed by atoms with E-state index in [9.17, 15) is 14.0 Å². The molecule has 2 heterocycles. The van der Waals surface area contributed by atoms with Crippen LogP contribution in [0.5, 0.6) is 5.75 Å². The Hall–Kier alpha value is -3.72. The molecule has 0 N–H and O–H groups in total. The molecule has 10 heteroatoms. The first-order chi connectivity index (χ1) is 19.2. The first kappa shape index (κ1) is 27.8. The van der Waals surface area contributed by atoms with E-state index in [4.69, 9.17) is 32.7 Å². The molecule has 0 fully saturated rings. The third kappa shape index (κ3) is 5.75. The molecule has 4 aromatic rings. The summed E-state index contributed by atoms with van der Waals surface area (Å²) in [5, 5.41) is 1.07. The van der Waals surface area contributed by atoms with Crippen molar-refractivity contribution in [3.63, 3.8) is 0 Å². The average molecular weight is 597 g/mol. The number of aromatic nitrogens is 1. The standard InChI is InChI=1S/C30H23Cl2FN2O4S/c1-3-38-29(37)26-17(2)34-30-35(27(26)19-7-10-23(33)11-8-19)28(36)25(40-30)15-20-14-22(32)9-12-24(20)39-16-18-5-4-6-21(31)13-18/h4-15,27H,3,16H2,1-2H3/b25-15-/t27-/m0/s1. The first-order valence-electron chi connectivity index (χ1n) is 12.4. The highest BCUT2D eigenvalue weighted by atomic mass is 35.5. The number of allylic oxidation sites excluding steroid dienone is 1. The largest absolute Gasteiger partial charge is 0.488 e. The summed E-state index contributed by atoms with van der Waals surface area (Å²) in [6.45, 7) is 3.81. The van der Waals surface area contributed by atoms with Gasteiger partial charge >= 0.3 is 5.97 Å². The number of fused-ring (bicyclic) bond motifs is 1. The van der Waals surface area contributed by atoms with Crippen LogP contribution in [0, 0.1) is 5.82 Å². The van der Waals surface area contributed by atoms with Gasteiger partial charge < -0.3 is 9.47 Å². The Bertz CT molecular complexity index is 1810. The van der Waals surface area contributed by atoms with Crippen molar-refractivity contribution in [2.45, 2.75) is 26.5 Å². The van der Waals surface area contributed by atoms with Gasteiger partial charge in [0.15, 0.2) is 4.80 Å². The van der Waals surface area contributed by atoms with E-state index >= 15 is 0 Å². The van der Waals surface area contributed by atoms with Crippen LogP contribution in [0.2, 0.25) is 10.0 Å². The second-order valence-electron chi connectivity index (χ2n) is 8.95. The Morgan fingerprint density at radius 1 is 1.10 bits per heavy atom. The molecular formula is C30H23Cl2FN2O4S. The number of benzene rings is 3. The predicted octanol–water partition coefficient (Wildman–Crippen LogP) is 5.82. The van der Waals surface area contributed by atoms with Gasteiger partial charge in [0.2, 0.25) is 0 Å². The van der Waals surface area contributed by atoms with E-state index in [0.717, 1.165) is 5.56 Å². The molecule has 1 aliphatic rings. The van der Waals surface area contributed by atoms with Gasteiger partial charge in [-0.2, -0.15) is 0 Å². The maximum Gasteiger partial charge on any atom is 0.338 e. The van der Waals surface area contributed by atoms with Crippen LogP contribution in [0.4, 0.5) is 4.39 Å². The highest BCUT2D eigenvalue weighted by Gasteiger charge is 2.33. The number of esters is 1. The van der Waals surface area contributed by atoms with Crippen LogP contribution < -0.4 is 19.6 Å². The monoisotopic (exact) mass is 596 g/mol. The molecule has 0 aliphatic carbocycles. The van der Waals surface area contributed by atoms with Crippen molar-refractivity contribution < 1.29 is 18.7 Å². The molecule has 6 nitrogen and oxygen atoms in total. The predicted molar refractivity (Wildman–Crippen MR) is 154 cm³/mol. The lowest BCUT2D eigenvalue weighted by atomic mass is 9.96. The van der Waals surface area contributed by atoms with E-state index in [1.807, 2.05) is 18.2 Å². The molecule has 0 spiro atoms. The minimum atomic E-state index is -0.837. The summed E-state index contributed by atoms with van der Waals surface area (Å²) in [5.41, 5.74) is 2.32. The second kappa shape index (κ2) is 11.8. The lowest BCUT2D eigenvalue weighted by Gasteiger charge is -2.24. The highest BCUT2D eigenvalue weighted by Crippen LogP contribution is 2.31. The van der Waals surface area contributed by atoms with Crippen LogP contribution in [-0.4, -0.2) is 17.1 Å². The zero-order valence-electron chi connectivity index (χ0n) is 21.5. The molecule has 204 valence electrons. The van der Waals surface area contributed by atoms with E-state index in [1.165, 1.54) is 28.0 Å². The third-order valence-corrected chi connectivity index (χ3v) is 7.70. The van der Waals surface area contributed by atoms with E-state index in [-0.39, 0.29) is 24.3 Å². The normalized spacial score (nSPS) is 15.0. The number of rotatable bonds is 7. The molecule has 0 radical (unpaired) electrons. The molecule has 40 heavy (non-hydrogen) atoms. The Kier molecular flexibility index (Phi) is 8.21. The number of hydrogen-bond donors (Lipinski definition) is 0. The smallest absolute Gasteiger partial charge is 0.338 e. The lowest BCUT2D eigenvalue weighted by molar-refractivity contribution is -0.139. The summed E-state index contributed by atoms with van der Waals surface area (Å²) in [7, 11) is 0. The van der Waals surface area contributed by atoms with Gasteiger partial charge in [-0.05, 0) is 73.5 Å². The van der Waals surface area contributed by atoms with Crippen LogP contribution in [0.25, 0.3) is 6.08 Å². The first-order valence-corrected chi connectivity index (χ1v) is 13.9. The highest BCUT2D eigenvalue weighted by molar-refractivity contribution is 7.07. The molecule has 5 rings (SSSR count). The maximum atomic E-state index is 13.9. The maximum absolute atomic E-state index is 13.9. The number of nitrogens with zero attached hydrogens (tertiary/aromatic N) is 2. The molecule has 0 bridgehead atoms. The van der Waals surface area contributed by atoms with E-state index in [1.54, 1.807) is 56.3 Å². The average Bonchev–Trinajstić information content (AvgIpc) is 3.22. The summed E-state index contributed by atoms with van der Waals surface area (Å²) < 4.78 is 26.9. The van der Waals surface area contributed by atoms with Crippen LogP contribution in [0.15, 0.2) is 87.8 Å². The summed E-state index contributed by atoms with van der Waals surface area (Å²) in [4.78, 5) is 31.8. The molecule has 3 aromatic carbocycles. The molecule has 0 amide bonds. The molecule has 0 saturated heterocycles. The van der Waals surface area contributed by atoms with Gasteiger partial charge in [-0.25, -0.2) is 14.2 Å². The zero-order chi connectivity index (χ0) is 28.4. The van der Waals surface area contributed by atoms with Crippen molar-refractivity contribution in [1.82, 2.24) is 4.57 Å². The third-order valence-electron chi connectivity index (χ3n) is 6.24. The quantitative estimate of drug-likeness (QED) is 0.252. The molecule has 1 atom stereocenters. The summed E-state index contributed by atoms with van der Waals surface area (Å²) in [6, 6.07) is 17.3. The van der Waals surface area contributed by atoms with Gasteiger partial charge in [0.1, 0.15) is 18.2 Å². The Balaban J connectivity index is 1.62. The van der Waals surface area contributed by atoms with E-state index in [0.29, 0.717) is 42.0 Å². The molecule has 1 aliphatic heterocycles. The van der Waals surface area contributed by atoms with Gasteiger partial charge in [-0.1, -0.05) is 58.8 Å². The van der Waals surface area contributed by atoms with Gasteiger partial charge in [-0.3, -0.25) is 9.36 Å². The van der Waals surface area contributed by atoms with Crippen molar-refractivity contribution in [2.75, 3.05) is 6.61 Å². The van der Waals surface area contributed by atoms with Crippen molar-refractivity contribution in [3.8, 4) is 5.75 Å². The Morgan fingerprint density at radius 3 is 2.58 bits per heavy atom. The van der Waals surface area contributed by atoms with Gasteiger partial charge in [-0.15, -0.1) is 0 Å². The van der Waals surface area contributed by atoms with Crippen LogP contribution in [0.1, 0.15) is 36.6 Å². The summed E-state index contributed by atoms with van der Waals surface area (Å²) in [5.74, 6) is -0.492. The molecule has 0 unspecified atom stereocenters. The molecule has 0 saturated carbocycles. The number of halogens is 3. The van der Waals surface area contributed by atoms with Crippen LogP contribution in [-0.2, 0) is 16.1 Å². The number of thiazole rings is 1. The van der Waals surface area contributed by atoms with E-state index in [2.05, 4.69) is 4.99 Å². The number of carbonyl (C=O) groups excluding carboxylic acids is 1. The Labute approximate surface area is 243 Å². The van der Waals surface area contributed by atoms with Crippen molar-refractivity contribution >= 4 is 46.6 Å². The van der Waals surface area contributed by atoms with Gasteiger partial charge in [0.05, 0.1) is 28.5 Å². The van der Waals surface area contributed by atoms with Crippen molar-refractivity contribution in [1.29, 1.82) is 0 Å². The van der Waals surface area contributed by atoms with Crippen LogP contribution in [0.3, 0.4) is 0 Å². The topological polar surface area (TPSA) is 69.9 Å². The summed E-state index contributed by atoms with van der Waals surface area (Å²) >= 11 is 13.6. The number of carbonyl (C=O) groups is 1. The molecule has 1 aromatic heterocycles. The van der Waals surface area contributed by atoms with Gasteiger partial charge in [0.25, 0.3) is 5.56 Å². The fourth-order valence-corrected chi connectivity index (χ4v) is 5.88. The van der Waals surface area contributed by atoms with Gasteiger partial charge in [0, 0.05) is 15.6 Å². The fourth-order valence-electron chi connectivity index (χ4n) is 4.44. The van der Waals surface area contributed by atoms with Crippen molar-refractivity contribution in [2.24, 2.45) is 4.99 Å². The fraction of sp³-hybridized carbons (Fsp3) is 0.167. The number of hydrogen-bond acceptors (Lipinski definition) is 6. The van der Waals surface area contributed by atoms with E-state index < -0.39 is 17.8 Å². The minimum absolute atomic E-state index is 0.156.